The van der Waals surface area contributed by atoms with E-state index in [1.54, 1.807) is 41.5 Å². The van der Waals surface area contributed by atoms with E-state index in [0.717, 1.165) is 12.1 Å². The molecule has 0 atom stereocenters. The van der Waals surface area contributed by atoms with Crippen LogP contribution in [0.5, 0.6) is 23.0 Å². The molecule has 0 spiro atoms. The maximum atomic E-state index is 15.4. The highest BCUT2D eigenvalue weighted by Crippen LogP contribution is 2.53. The lowest BCUT2D eigenvalue weighted by atomic mass is 9.86. The lowest BCUT2D eigenvalue weighted by Crippen LogP contribution is -2.33. The van der Waals surface area contributed by atoms with Crippen LogP contribution >= 0.6 is 7.14 Å². The third-order valence-electron chi connectivity index (χ3n) is 6.39. The van der Waals surface area contributed by atoms with Gasteiger partial charge in [-0.3, -0.25) is 0 Å². The topological polar surface area (TPSA) is 76.0 Å². The van der Waals surface area contributed by atoms with Crippen molar-refractivity contribution in [3.63, 3.8) is 0 Å². The Kier molecular flexibility index (Phi) is 7.80. The summed E-state index contributed by atoms with van der Waals surface area (Å²) in [5, 5.41) is 19.7. The molecule has 0 saturated carbocycles. The van der Waals surface area contributed by atoms with E-state index in [1.807, 2.05) is 0 Å². The molecule has 0 unspecified atom stereocenters. The molecule has 0 amide bonds. The van der Waals surface area contributed by atoms with Crippen molar-refractivity contribution < 1.29 is 46.2 Å². The lowest BCUT2D eigenvalue weighted by molar-refractivity contribution is 0.383. The quantitative estimate of drug-likeness (QED) is 0.169. The molecule has 0 heterocycles. The van der Waals surface area contributed by atoms with E-state index in [1.165, 1.54) is 26.4 Å². The highest BCUT2D eigenvalue weighted by atomic mass is 31.2. The molecule has 0 aliphatic carbocycles. The number of halogens is 5. The largest absolute Gasteiger partial charge is 0.507 e. The standard InChI is InChI=1S/C28H30F5O5P/c1-27(2,3)15-9-13(37-7)11-17(24(15)34)39(36,26-22(32)20(30)19(29)21(31)23(26)33)18-12-14(38-8)10-16(25(18)35)28(4,5)6/h9-12,34-35H,1-8H3. The molecular formula is C28H30F5O5P. The Bertz CT molecular complexity index is 1400. The van der Waals surface area contributed by atoms with Gasteiger partial charge >= 0.3 is 0 Å². The van der Waals surface area contributed by atoms with E-state index < -0.39 is 74.5 Å². The Morgan fingerprint density at radius 3 is 1.21 bits per heavy atom. The SMILES string of the molecule is COc1cc(C(C)(C)C)c(O)c(P(=O)(c2cc(OC)cc(C(C)(C)C)c2O)c2c(F)c(F)c(F)c(F)c2F)c1. The van der Waals surface area contributed by atoms with Gasteiger partial charge in [-0.25, -0.2) is 22.0 Å². The molecule has 212 valence electrons. The Hall–Kier alpha value is -3.26. The van der Waals surface area contributed by atoms with Gasteiger partial charge in [-0.05, 0) is 35.1 Å². The number of benzene rings is 3. The molecule has 0 radical (unpaired) electrons. The van der Waals surface area contributed by atoms with Gasteiger partial charge in [0.25, 0.3) is 0 Å². The first-order chi connectivity index (χ1) is 17.8. The van der Waals surface area contributed by atoms with Gasteiger partial charge in [0.15, 0.2) is 30.4 Å². The molecule has 0 saturated heterocycles. The van der Waals surface area contributed by atoms with Crippen molar-refractivity contribution in [3.8, 4) is 23.0 Å². The maximum absolute atomic E-state index is 15.4. The van der Waals surface area contributed by atoms with Crippen LogP contribution < -0.4 is 25.4 Å². The van der Waals surface area contributed by atoms with Gasteiger partial charge in [0.1, 0.15) is 23.0 Å². The summed E-state index contributed by atoms with van der Waals surface area (Å²) in [7, 11) is -2.85. The molecule has 5 nitrogen and oxygen atoms in total. The second-order valence-corrected chi connectivity index (χ2v) is 13.7. The molecule has 3 rings (SSSR count). The molecule has 0 aliphatic heterocycles. The minimum Gasteiger partial charge on any atom is -0.507 e. The zero-order chi connectivity index (χ0) is 29.8. The molecule has 0 aromatic heterocycles. The van der Waals surface area contributed by atoms with Crippen LogP contribution in [-0.4, -0.2) is 24.4 Å². The highest BCUT2D eigenvalue weighted by molar-refractivity contribution is 7.85. The van der Waals surface area contributed by atoms with Crippen LogP contribution in [0.2, 0.25) is 0 Å². The maximum Gasteiger partial charge on any atom is 0.200 e. The van der Waals surface area contributed by atoms with E-state index in [-0.39, 0.29) is 22.6 Å². The molecule has 0 bridgehead atoms. The monoisotopic (exact) mass is 572 g/mol. The Labute approximate surface area is 223 Å². The van der Waals surface area contributed by atoms with Crippen LogP contribution in [-0.2, 0) is 15.4 Å². The smallest absolute Gasteiger partial charge is 0.200 e. The third-order valence-corrected chi connectivity index (χ3v) is 9.46. The molecule has 3 aromatic rings. The second kappa shape index (κ2) is 10.0. The van der Waals surface area contributed by atoms with Crippen molar-refractivity contribution in [1.29, 1.82) is 0 Å². The van der Waals surface area contributed by atoms with Gasteiger partial charge in [-0.2, -0.15) is 0 Å². The Morgan fingerprint density at radius 2 is 0.923 bits per heavy atom. The number of rotatable bonds is 5. The molecule has 0 fully saturated rings. The van der Waals surface area contributed by atoms with Crippen LogP contribution in [0.25, 0.3) is 0 Å². The summed E-state index contributed by atoms with van der Waals surface area (Å²) in [6.45, 7) is 10.1. The fraction of sp³-hybridized carbons (Fsp3) is 0.357. The summed E-state index contributed by atoms with van der Waals surface area (Å²) >= 11 is 0. The van der Waals surface area contributed by atoms with Crippen molar-refractivity contribution in [2.24, 2.45) is 0 Å². The van der Waals surface area contributed by atoms with Gasteiger partial charge in [0.05, 0.1) is 30.1 Å². The molecule has 11 heteroatoms. The normalized spacial score (nSPS) is 12.5. The van der Waals surface area contributed by atoms with Crippen molar-refractivity contribution in [1.82, 2.24) is 0 Å². The van der Waals surface area contributed by atoms with Crippen LogP contribution in [0.3, 0.4) is 0 Å². The van der Waals surface area contributed by atoms with E-state index in [9.17, 15) is 23.4 Å². The zero-order valence-corrected chi connectivity index (χ0v) is 23.7. The average Bonchev–Trinajstić information content (AvgIpc) is 2.85. The summed E-state index contributed by atoms with van der Waals surface area (Å²) in [5.41, 5.74) is -1.50. The zero-order valence-electron chi connectivity index (χ0n) is 22.8. The van der Waals surface area contributed by atoms with Gasteiger partial charge in [-0.15, -0.1) is 0 Å². The van der Waals surface area contributed by atoms with Crippen molar-refractivity contribution in [2.75, 3.05) is 14.2 Å². The number of hydrogen-bond acceptors (Lipinski definition) is 5. The van der Waals surface area contributed by atoms with Gasteiger partial charge in [0, 0.05) is 11.1 Å². The fourth-order valence-electron chi connectivity index (χ4n) is 4.29. The first-order valence-corrected chi connectivity index (χ1v) is 13.5. The van der Waals surface area contributed by atoms with Crippen molar-refractivity contribution in [3.05, 3.63) is 64.5 Å². The van der Waals surface area contributed by atoms with Gasteiger partial charge in [-0.1, -0.05) is 41.5 Å². The number of hydrogen-bond donors (Lipinski definition) is 2. The minimum atomic E-state index is -5.33. The first-order valence-electron chi connectivity index (χ1n) is 11.8. The first kappa shape index (κ1) is 30.3. The van der Waals surface area contributed by atoms with E-state index in [4.69, 9.17) is 9.47 Å². The number of phenolic OH excluding ortho intramolecular Hbond substituents is 2. The van der Waals surface area contributed by atoms with Crippen LogP contribution in [0.15, 0.2) is 24.3 Å². The minimum absolute atomic E-state index is 0.0183. The second-order valence-electron chi connectivity index (χ2n) is 11.1. The van der Waals surface area contributed by atoms with Crippen LogP contribution in [0, 0.1) is 29.1 Å². The number of ether oxygens (including phenoxy) is 2. The molecule has 3 aromatic carbocycles. The summed E-state index contributed by atoms with van der Waals surface area (Å²) < 4.78 is 99.8. The number of phenols is 2. The summed E-state index contributed by atoms with van der Waals surface area (Å²) in [4.78, 5) is 0. The molecular weight excluding hydrogens is 542 g/mol. The third kappa shape index (κ3) is 4.95. The van der Waals surface area contributed by atoms with Crippen LogP contribution in [0.1, 0.15) is 52.7 Å². The Morgan fingerprint density at radius 1 is 0.615 bits per heavy atom. The molecule has 39 heavy (non-hydrogen) atoms. The molecule has 2 N–H and O–H groups in total. The van der Waals surface area contributed by atoms with Gasteiger partial charge < -0.3 is 24.3 Å². The van der Waals surface area contributed by atoms with Crippen LogP contribution in [0.4, 0.5) is 22.0 Å². The van der Waals surface area contributed by atoms with Crippen molar-refractivity contribution >= 4 is 23.1 Å². The average molecular weight is 573 g/mol. The Balaban J connectivity index is 2.74. The predicted molar refractivity (Wildman–Crippen MR) is 139 cm³/mol. The fourth-order valence-corrected chi connectivity index (χ4v) is 7.23. The summed E-state index contributed by atoms with van der Waals surface area (Å²) in [5.74, 6) is -13.3. The number of aromatic hydroxyl groups is 2. The van der Waals surface area contributed by atoms with Crippen molar-refractivity contribution in [2.45, 2.75) is 52.4 Å². The summed E-state index contributed by atoms with van der Waals surface area (Å²) in [6, 6.07) is 4.76. The van der Waals surface area contributed by atoms with Gasteiger partial charge in [0.2, 0.25) is 5.82 Å². The highest BCUT2D eigenvalue weighted by Gasteiger charge is 2.45. The van der Waals surface area contributed by atoms with E-state index in [0.29, 0.717) is 0 Å². The van der Waals surface area contributed by atoms with E-state index >= 15 is 13.3 Å². The number of methoxy groups -OCH3 is 2. The summed E-state index contributed by atoms with van der Waals surface area (Å²) in [6.07, 6.45) is 0. The van der Waals surface area contributed by atoms with E-state index in [2.05, 4.69) is 0 Å². The predicted octanol–water partition coefficient (Wildman–Crippen LogP) is 6.04. The molecule has 0 aliphatic rings. The lowest BCUT2D eigenvalue weighted by Gasteiger charge is -2.29.